The van der Waals surface area contributed by atoms with Gasteiger partial charge in [0.1, 0.15) is 5.75 Å². The Labute approximate surface area is 138 Å². The molecule has 122 valence electrons. The van der Waals surface area contributed by atoms with Gasteiger partial charge in [0, 0.05) is 12.3 Å². The Kier molecular flexibility index (Phi) is 6.21. The summed E-state index contributed by atoms with van der Waals surface area (Å²) in [5, 5.41) is 0. The van der Waals surface area contributed by atoms with Crippen LogP contribution in [0.4, 0.5) is 0 Å². The van der Waals surface area contributed by atoms with Gasteiger partial charge in [0.15, 0.2) is 0 Å². The van der Waals surface area contributed by atoms with Crippen LogP contribution in [0, 0.1) is 6.92 Å². The summed E-state index contributed by atoms with van der Waals surface area (Å²) in [4.78, 5) is 11.7. The number of hydrogen-bond donors (Lipinski definition) is 0. The summed E-state index contributed by atoms with van der Waals surface area (Å²) in [5.41, 5.74) is 3.62. The van der Waals surface area contributed by atoms with Crippen molar-refractivity contribution in [1.82, 2.24) is 0 Å². The van der Waals surface area contributed by atoms with E-state index in [2.05, 4.69) is 43.3 Å². The fraction of sp³-hybridized carbons (Fsp3) is 0.350. The van der Waals surface area contributed by atoms with Gasteiger partial charge in [0.05, 0.1) is 13.7 Å². The zero-order valence-electron chi connectivity index (χ0n) is 14.0. The summed E-state index contributed by atoms with van der Waals surface area (Å²) in [6.45, 7) is 4.33. The van der Waals surface area contributed by atoms with Gasteiger partial charge >= 0.3 is 5.97 Å². The van der Waals surface area contributed by atoms with E-state index in [4.69, 9.17) is 9.47 Å². The van der Waals surface area contributed by atoms with Crippen molar-refractivity contribution in [3.8, 4) is 5.75 Å². The minimum atomic E-state index is -0.141. The summed E-state index contributed by atoms with van der Waals surface area (Å²) < 4.78 is 10.3. The lowest BCUT2D eigenvalue weighted by Gasteiger charge is -2.18. The molecule has 0 saturated heterocycles. The minimum absolute atomic E-state index is 0.141. The standard InChI is InChI=1S/C20H24O3/c1-4-23-20(21)14-13-19(16-7-5-15(2)6-8-16)17-9-11-18(22-3)12-10-17/h5-12,19H,4,13-14H2,1-3H3/t19-/m0/s1. The lowest BCUT2D eigenvalue weighted by atomic mass is 9.87. The molecule has 2 aromatic rings. The molecule has 0 bridgehead atoms. The van der Waals surface area contributed by atoms with Gasteiger partial charge in [-0.15, -0.1) is 0 Å². The van der Waals surface area contributed by atoms with E-state index in [0.29, 0.717) is 13.0 Å². The number of esters is 1. The molecule has 2 aromatic carbocycles. The molecule has 0 N–H and O–H groups in total. The monoisotopic (exact) mass is 312 g/mol. The Morgan fingerprint density at radius 3 is 2.09 bits per heavy atom. The highest BCUT2D eigenvalue weighted by Gasteiger charge is 2.16. The quantitative estimate of drug-likeness (QED) is 0.707. The van der Waals surface area contributed by atoms with Crippen molar-refractivity contribution in [2.45, 2.75) is 32.6 Å². The molecule has 2 rings (SSSR count). The largest absolute Gasteiger partial charge is 0.497 e. The van der Waals surface area contributed by atoms with Gasteiger partial charge in [-0.1, -0.05) is 42.0 Å². The van der Waals surface area contributed by atoms with Crippen molar-refractivity contribution in [3.63, 3.8) is 0 Å². The van der Waals surface area contributed by atoms with Crippen LogP contribution in [0.2, 0.25) is 0 Å². The van der Waals surface area contributed by atoms with Crippen molar-refractivity contribution < 1.29 is 14.3 Å². The maximum atomic E-state index is 11.7. The number of methoxy groups -OCH3 is 1. The van der Waals surface area contributed by atoms with Crippen LogP contribution in [-0.2, 0) is 9.53 Å². The summed E-state index contributed by atoms with van der Waals surface area (Å²) in [7, 11) is 1.66. The highest BCUT2D eigenvalue weighted by atomic mass is 16.5. The second-order valence-corrected chi connectivity index (χ2v) is 5.58. The third-order valence-electron chi connectivity index (χ3n) is 3.94. The molecule has 0 heterocycles. The molecule has 0 aliphatic heterocycles. The minimum Gasteiger partial charge on any atom is -0.497 e. The molecular weight excluding hydrogens is 288 g/mol. The van der Waals surface area contributed by atoms with Crippen LogP contribution < -0.4 is 4.74 Å². The van der Waals surface area contributed by atoms with E-state index in [1.54, 1.807) is 7.11 Å². The van der Waals surface area contributed by atoms with Crippen LogP contribution in [0.3, 0.4) is 0 Å². The van der Waals surface area contributed by atoms with Gasteiger partial charge in [0.25, 0.3) is 0 Å². The molecule has 23 heavy (non-hydrogen) atoms. The average Bonchev–Trinajstić information content (AvgIpc) is 2.57. The number of carbonyl (C=O) groups excluding carboxylic acids is 1. The Morgan fingerprint density at radius 1 is 1.00 bits per heavy atom. The summed E-state index contributed by atoms with van der Waals surface area (Å²) >= 11 is 0. The predicted molar refractivity (Wildman–Crippen MR) is 91.9 cm³/mol. The average molecular weight is 312 g/mol. The van der Waals surface area contributed by atoms with Crippen molar-refractivity contribution in [2.24, 2.45) is 0 Å². The molecule has 1 atom stereocenters. The van der Waals surface area contributed by atoms with E-state index in [1.807, 2.05) is 19.1 Å². The number of benzene rings is 2. The number of ether oxygens (including phenoxy) is 2. The van der Waals surface area contributed by atoms with Crippen molar-refractivity contribution in [2.75, 3.05) is 13.7 Å². The van der Waals surface area contributed by atoms with Crippen molar-refractivity contribution >= 4 is 5.97 Å². The fourth-order valence-corrected chi connectivity index (χ4v) is 2.66. The first-order valence-corrected chi connectivity index (χ1v) is 8.00. The van der Waals surface area contributed by atoms with Crippen molar-refractivity contribution in [1.29, 1.82) is 0 Å². The molecule has 0 spiro atoms. The molecule has 0 fully saturated rings. The molecule has 0 radical (unpaired) electrons. The molecule has 0 aliphatic rings. The van der Waals surface area contributed by atoms with E-state index in [0.717, 1.165) is 12.2 Å². The van der Waals surface area contributed by atoms with E-state index < -0.39 is 0 Å². The van der Waals surface area contributed by atoms with Crippen LogP contribution in [0.15, 0.2) is 48.5 Å². The highest BCUT2D eigenvalue weighted by Crippen LogP contribution is 2.30. The SMILES string of the molecule is CCOC(=O)CC[C@@H](c1ccc(C)cc1)c1ccc(OC)cc1. The maximum absolute atomic E-state index is 11.7. The fourth-order valence-electron chi connectivity index (χ4n) is 2.66. The summed E-state index contributed by atoms with van der Waals surface area (Å²) in [6, 6.07) is 16.5. The lowest BCUT2D eigenvalue weighted by Crippen LogP contribution is -2.08. The number of rotatable bonds is 7. The predicted octanol–water partition coefficient (Wildman–Crippen LogP) is 4.48. The van der Waals surface area contributed by atoms with Gasteiger partial charge in [0.2, 0.25) is 0 Å². The van der Waals surface area contributed by atoms with Crippen LogP contribution >= 0.6 is 0 Å². The second kappa shape index (κ2) is 8.37. The topological polar surface area (TPSA) is 35.5 Å². The summed E-state index contributed by atoms with van der Waals surface area (Å²) in [6.07, 6.45) is 1.15. The van der Waals surface area contributed by atoms with Gasteiger partial charge < -0.3 is 9.47 Å². The van der Waals surface area contributed by atoms with Gasteiger partial charge in [-0.25, -0.2) is 0 Å². The van der Waals surface area contributed by atoms with Crippen LogP contribution in [0.25, 0.3) is 0 Å². The molecule has 3 nitrogen and oxygen atoms in total. The molecular formula is C20H24O3. The summed E-state index contributed by atoms with van der Waals surface area (Å²) in [5.74, 6) is 0.867. The Morgan fingerprint density at radius 2 is 1.57 bits per heavy atom. The van der Waals surface area contributed by atoms with Gasteiger partial charge in [-0.05, 0) is 43.5 Å². The lowest BCUT2D eigenvalue weighted by molar-refractivity contribution is -0.143. The van der Waals surface area contributed by atoms with E-state index in [9.17, 15) is 4.79 Å². The molecule has 0 amide bonds. The molecule has 3 heteroatoms. The molecule has 0 aromatic heterocycles. The first-order valence-electron chi connectivity index (χ1n) is 8.00. The normalized spacial score (nSPS) is 11.8. The van der Waals surface area contributed by atoms with Crippen LogP contribution in [0.5, 0.6) is 5.75 Å². The zero-order valence-corrected chi connectivity index (χ0v) is 14.0. The second-order valence-electron chi connectivity index (χ2n) is 5.58. The first kappa shape index (κ1) is 17.1. The number of hydrogen-bond acceptors (Lipinski definition) is 3. The zero-order chi connectivity index (χ0) is 16.7. The van der Waals surface area contributed by atoms with E-state index >= 15 is 0 Å². The number of aryl methyl sites for hydroxylation is 1. The Hall–Kier alpha value is -2.29. The maximum Gasteiger partial charge on any atom is 0.305 e. The first-order chi connectivity index (χ1) is 11.1. The third-order valence-corrected chi connectivity index (χ3v) is 3.94. The Bertz CT molecular complexity index is 614. The highest BCUT2D eigenvalue weighted by molar-refractivity contribution is 5.69. The van der Waals surface area contributed by atoms with Crippen molar-refractivity contribution in [3.05, 3.63) is 65.2 Å². The smallest absolute Gasteiger partial charge is 0.305 e. The van der Waals surface area contributed by atoms with Crippen LogP contribution in [0.1, 0.15) is 42.4 Å². The van der Waals surface area contributed by atoms with Crippen LogP contribution in [-0.4, -0.2) is 19.7 Å². The Balaban J connectivity index is 2.22. The van der Waals surface area contributed by atoms with Gasteiger partial charge in [-0.3, -0.25) is 4.79 Å². The van der Waals surface area contributed by atoms with E-state index in [-0.39, 0.29) is 11.9 Å². The molecule has 0 unspecified atom stereocenters. The molecule has 0 saturated carbocycles. The van der Waals surface area contributed by atoms with E-state index in [1.165, 1.54) is 16.7 Å². The molecule has 0 aliphatic carbocycles. The van der Waals surface area contributed by atoms with Gasteiger partial charge in [-0.2, -0.15) is 0 Å². The number of carbonyl (C=O) groups is 1. The third kappa shape index (κ3) is 4.85.